The molecule has 1 aromatic rings. The van der Waals surface area contributed by atoms with E-state index in [1.54, 1.807) is 0 Å². The van der Waals surface area contributed by atoms with Crippen LogP contribution in [-0.2, 0) is 4.74 Å². The molecule has 0 radical (unpaired) electrons. The normalized spacial score (nSPS) is 19.2. The van der Waals surface area contributed by atoms with Crippen molar-refractivity contribution in [2.45, 2.75) is 33.1 Å². The van der Waals surface area contributed by atoms with Crippen molar-refractivity contribution in [3.05, 3.63) is 11.8 Å². The van der Waals surface area contributed by atoms with Crippen molar-refractivity contribution in [3.63, 3.8) is 0 Å². The Morgan fingerprint density at radius 3 is 3.11 bits per heavy atom. The Morgan fingerprint density at radius 1 is 1.47 bits per heavy atom. The summed E-state index contributed by atoms with van der Waals surface area (Å²) in [4.78, 5) is 8.75. The quantitative estimate of drug-likeness (QED) is 0.856. The second kappa shape index (κ2) is 7.28. The predicted octanol–water partition coefficient (Wildman–Crippen LogP) is 2.41. The van der Waals surface area contributed by atoms with Gasteiger partial charge in [-0.15, -0.1) is 0 Å². The van der Waals surface area contributed by atoms with E-state index in [0.29, 0.717) is 24.4 Å². The van der Waals surface area contributed by atoms with Crippen molar-refractivity contribution in [2.24, 2.45) is 5.92 Å². The molecular formula is C14H23N3O2. The van der Waals surface area contributed by atoms with Gasteiger partial charge in [0.1, 0.15) is 0 Å². The lowest BCUT2D eigenvalue weighted by Gasteiger charge is -2.22. The first-order chi connectivity index (χ1) is 9.28. The molecule has 1 saturated heterocycles. The van der Waals surface area contributed by atoms with Crippen molar-refractivity contribution >= 4 is 5.95 Å². The Labute approximate surface area is 114 Å². The van der Waals surface area contributed by atoms with E-state index in [9.17, 15) is 0 Å². The molecule has 0 aromatic carbocycles. The topological polar surface area (TPSA) is 56.3 Å². The van der Waals surface area contributed by atoms with E-state index < -0.39 is 0 Å². The van der Waals surface area contributed by atoms with Gasteiger partial charge in [0.2, 0.25) is 11.8 Å². The minimum Gasteiger partial charge on any atom is -0.478 e. The largest absolute Gasteiger partial charge is 0.478 e. The van der Waals surface area contributed by atoms with Crippen molar-refractivity contribution in [1.29, 1.82) is 0 Å². The summed E-state index contributed by atoms with van der Waals surface area (Å²) in [5, 5.41) is 3.29. The molecule has 1 aliphatic rings. The summed E-state index contributed by atoms with van der Waals surface area (Å²) >= 11 is 0. The summed E-state index contributed by atoms with van der Waals surface area (Å²) in [6.45, 7) is 7.30. The van der Waals surface area contributed by atoms with Gasteiger partial charge in [-0.2, -0.15) is 4.98 Å². The van der Waals surface area contributed by atoms with Crippen molar-refractivity contribution in [3.8, 4) is 5.88 Å². The van der Waals surface area contributed by atoms with Gasteiger partial charge in [-0.3, -0.25) is 0 Å². The Kier molecular flexibility index (Phi) is 5.39. The molecule has 0 bridgehead atoms. The van der Waals surface area contributed by atoms with Gasteiger partial charge < -0.3 is 14.8 Å². The van der Waals surface area contributed by atoms with Crippen LogP contribution in [0.5, 0.6) is 5.88 Å². The molecule has 19 heavy (non-hydrogen) atoms. The summed E-state index contributed by atoms with van der Waals surface area (Å²) in [5.41, 5.74) is 0.920. The molecule has 2 rings (SSSR count). The lowest BCUT2D eigenvalue weighted by Crippen LogP contribution is -2.25. The Balaban J connectivity index is 1.89. The first-order valence-corrected chi connectivity index (χ1v) is 7.08. The summed E-state index contributed by atoms with van der Waals surface area (Å²) in [6, 6.07) is 1.87. The van der Waals surface area contributed by atoms with Gasteiger partial charge in [-0.1, -0.05) is 6.92 Å². The minimum atomic E-state index is 0.554. The Hall–Kier alpha value is -1.36. The zero-order valence-electron chi connectivity index (χ0n) is 11.8. The van der Waals surface area contributed by atoms with Crippen LogP contribution in [0.3, 0.4) is 0 Å². The molecule has 1 aliphatic heterocycles. The molecule has 1 fully saturated rings. The fourth-order valence-electron chi connectivity index (χ4n) is 2.10. The van der Waals surface area contributed by atoms with E-state index in [-0.39, 0.29) is 0 Å². The van der Waals surface area contributed by atoms with Gasteiger partial charge >= 0.3 is 0 Å². The lowest BCUT2D eigenvalue weighted by atomic mass is 10.0. The number of aryl methyl sites for hydroxylation is 1. The summed E-state index contributed by atoms with van der Waals surface area (Å²) in [6.07, 6.45) is 3.33. The van der Waals surface area contributed by atoms with Crippen LogP contribution >= 0.6 is 0 Å². The van der Waals surface area contributed by atoms with Crippen molar-refractivity contribution in [1.82, 2.24) is 9.97 Å². The van der Waals surface area contributed by atoms with E-state index in [4.69, 9.17) is 9.47 Å². The number of hydrogen-bond donors (Lipinski definition) is 1. The first kappa shape index (κ1) is 14.1. The van der Waals surface area contributed by atoms with Crippen molar-refractivity contribution < 1.29 is 9.47 Å². The highest BCUT2D eigenvalue weighted by Gasteiger charge is 2.14. The number of hydrogen-bond acceptors (Lipinski definition) is 5. The second-order valence-corrected chi connectivity index (χ2v) is 4.98. The van der Waals surface area contributed by atoms with E-state index in [2.05, 4.69) is 22.2 Å². The number of nitrogens with one attached hydrogen (secondary N) is 1. The molecule has 1 aromatic heterocycles. The molecule has 0 saturated carbocycles. The van der Waals surface area contributed by atoms with Crippen LogP contribution in [0, 0.1) is 12.8 Å². The van der Waals surface area contributed by atoms with E-state index >= 15 is 0 Å². The number of ether oxygens (including phenoxy) is 2. The van der Waals surface area contributed by atoms with Gasteiger partial charge in [0, 0.05) is 24.9 Å². The van der Waals surface area contributed by atoms with Crippen molar-refractivity contribution in [2.75, 3.05) is 31.7 Å². The first-order valence-electron chi connectivity index (χ1n) is 7.08. The molecule has 106 valence electrons. The Morgan fingerprint density at radius 2 is 2.37 bits per heavy atom. The number of aromatic nitrogens is 2. The van der Waals surface area contributed by atoms with Crippen LogP contribution in [0.25, 0.3) is 0 Å². The fourth-order valence-corrected chi connectivity index (χ4v) is 2.10. The molecule has 0 spiro atoms. The van der Waals surface area contributed by atoms with Gasteiger partial charge in [-0.25, -0.2) is 4.98 Å². The van der Waals surface area contributed by atoms with Crippen LogP contribution < -0.4 is 10.1 Å². The zero-order valence-corrected chi connectivity index (χ0v) is 11.8. The molecule has 5 heteroatoms. The fraction of sp³-hybridized carbons (Fsp3) is 0.714. The third-order valence-electron chi connectivity index (χ3n) is 3.09. The SMILES string of the molecule is CCCOc1cc(C)nc(NCC2CCCOC2)n1. The zero-order chi connectivity index (χ0) is 13.5. The molecule has 1 atom stereocenters. The summed E-state index contributed by atoms with van der Waals surface area (Å²) in [7, 11) is 0. The van der Waals surface area contributed by atoms with Crippen LogP contribution in [-0.4, -0.2) is 36.3 Å². The highest BCUT2D eigenvalue weighted by Crippen LogP contribution is 2.16. The lowest BCUT2D eigenvalue weighted by molar-refractivity contribution is 0.0594. The van der Waals surface area contributed by atoms with Crippen LogP contribution in [0.2, 0.25) is 0 Å². The van der Waals surface area contributed by atoms with Crippen LogP contribution in [0.1, 0.15) is 31.9 Å². The van der Waals surface area contributed by atoms with Crippen LogP contribution in [0.4, 0.5) is 5.95 Å². The molecule has 5 nitrogen and oxygen atoms in total. The third kappa shape index (κ3) is 4.67. The van der Waals surface area contributed by atoms with E-state index in [0.717, 1.165) is 38.3 Å². The van der Waals surface area contributed by atoms with Gasteiger partial charge in [-0.05, 0) is 32.1 Å². The number of anilines is 1. The van der Waals surface area contributed by atoms with Gasteiger partial charge in [0.05, 0.1) is 13.2 Å². The molecule has 1 N–H and O–H groups in total. The number of rotatable bonds is 6. The summed E-state index contributed by atoms with van der Waals surface area (Å²) < 4.78 is 11.0. The monoisotopic (exact) mass is 265 g/mol. The maximum Gasteiger partial charge on any atom is 0.226 e. The molecule has 1 unspecified atom stereocenters. The third-order valence-corrected chi connectivity index (χ3v) is 3.09. The number of nitrogens with zero attached hydrogens (tertiary/aromatic N) is 2. The molecule has 0 amide bonds. The molecule has 0 aliphatic carbocycles. The van der Waals surface area contributed by atoms with Crippen LogP contribution in [0.15, 0.2) is 6.07 Å². The smallest absolute Gasteiger partial charge is 0.226 e. The average Bonchev–Trinajstić information content (AvgIpc) is 2.43. The highest BCUT2D eigenvalue weighted by atomic mass is 16.5. The maximum absolute atomic E-state index is 5.55. The van der Waals surface area contributed by atoms with E-state index in [1.807, 2.05) is 13.0 Å². The highest BCUT2D eigenvalue weighted by molar-refractivity contribution is 5.30. The van der Waals surface area contributed by atoms with Gasteiger partial charge in [0.15, 0.2) is 0 Å². The molecule has 2 heterocycles. The summed E-state index contributed by atoms with van der Waals surface area (Å²) in [5.74, 6) is 1.85. The minimum absolute atomic E-state index is 0.554. The van der Waals surface area contributed by atoms with E-state index in [1.165, 1.54) is 6.42 Å². The van der Waals surface area contributed by atoms with Gasteiger partial charge in [0.25, 0.3) is 0 Å². The predicted molar refractivity (Wildman–Crippen MR) is 74.6 cm³/mol. The second-order valence-electron chi connectivity index (χ2n) is 4.98. The molecular weight excluding hydrogens is 242 g/mol. The standard InChI is InChI=1S/C14H23N3O2/c1-3-6-19-13-8-11(2)16-14(17-13)15-9-12-5-4-7-18-10-12/h8,12H,3-7,9-10H2,1-2H3,(H,15,16,17). The average molecular weight is 265 g/mol. The maximum atomic E-state index is 5.55. The Bertz CT molecular complexity index is 392.